The lowest BCUT2D eigenvalue weighted by Crippen LogP contribution is -2.32. The Kier molecular flexibility index (Phi) is 6.85. The Morgan fingerprint density at radius 1 is 1.57 bits per heavy atom. The van der Waals surface area contributed by atoms with Crippen molar-refractivity contribution in [2.45, 2.75) is 38.5 Å². The van der Waals surface area contributed by atoms with Gasteiger partial charge < -0.3 is 10.1 Å². The van der Waals surface area contributed by atoms with Crippen LogP contribution in [-0.2, 0) is 27.3 Å². The lowest BCUT2D eigenvalue weighted by atomic mass is 10.1. The fourth-order valence-electron chi connectivity index (χ4n) is 2.49. The second kappa shape index (κ2) is 8.88. The van der Waals surface area contributed by atoms with Crippen LogP contribution in [0.2, 0.25) is 0 Å². The number of hydrogen-bond acceptors (Lipinski definition) is 6. The lowest BCUT2D eigenvalue weighted by Gasteiger charge is -2.25. The fraction of sp³-hybridized carbons (Fsp3) is 0.562. The van der Waals surface area contributed by atoms with Gasteiger partial charge in [-0.3, -0.25) is 14.3 Å². The van der Waals surface area contributed by atoms with Crippen LogP contribution in [-0.4, -0.2) is 45.8 Å². The molecule has 1 N–H and O–H groups in total. The molecular weight excluding hydrogens is 314 g/mol. The number of nitrogens with zero attached hydrogens (tertiary/aromatic N) is 2. The maximum absolute atomic E-state index is 11.5. The summed E-state index contributed by atoms with van der Waals surface area (Å²) in [6.45, 7) is 6.17. The van der Waals surface area contributed by atoms with E-state index in [4.69, 9.17) is 4.74 Å². The summed E-state index contributed by atoms with van der Waals surface area (Å²) in [4.78, 5) is 22.8. The van der Waals surface area contributed by atoms with Crippen molar-refractivity contribution in [1.29, 1.82) is 0 Å². The molecule has 1 fully saturated rings. The van der Waals surface area contributed by atoms with Crippen LogP contribution in [0, 0.1) is 0 Å². The van der Waals surface area contributed by atoms with Gasteiger partial charge in [0.05, 0.1) is 25.8 Å². The molecule has 1 aromatic heterocycles. The van der Waals surface area contributed by atoms with Gasteiger partial charge in [0.25, 0.3) is 0 Å². The molecule has 0 bridgehead atoms. The molecule has 0 aliphatic carbocycles. The van der Waals surface area contributed by atoms with E-state index in [2.05, 4.69) is 16.5 Å². The Labute approximate surface area is 140 Å². The van der Waals surface area contributed by atoms with Crippen LogP contribution in [0.25, 0.3) is 0 Å². The number of nitrogens with one attached hydrogen (secondary N) is 1. The summed E-state index contributed by atoms with van der Waals surface area (Å²) in [6.07, 6.45) is 6.87. The Morgan fingerprint density at radius 2 is 2.39 bits per heavy atom. The van der Waals surface area contributed by atoms with Gasteiger partial charge in [-0.25, -0.2) is 0 Å². The maximum atomic E-state index is 11.5. The first-order valence-corrected chi connectivity index (χ1v) is 8.70. The highest BCUT2D eigenvalue weighted by atomic mass is 32.2. The van der Waals surface area contributed by atoms with Crippen LogP contribution in [0.15, 0.2) is 24.0 Å². The molecular formula is C16H23N3O3S. The highest BCUT2D eigenvalue weighted by Gasteiger charge is 2.20. The molecule has 1 saturated heterocycles. The lowest BCUT2D eigenvalue weighted by molar-refractivity contribution is -0.142. The molecule has 1 aromatic rings. The van der Waals surface area contributed by atoms with Crippen molar-refractivity contribution in [3.8, 4) is 0 Å². The minimum atomic E-state index is -0.236. The van der Waals surface area contributed by atoms with Crippen molar-refractivity contribution in [2.75, 3.05) is 19.7 Å². The average Bonchev–Trinajstić information content (AvgIpc) is 2.93. The highest BCUT2D eigenvalue weighted by molar-refractivity contribution is 8.14. The molecule has 126 valence electrons. The Bertz CT molecular complexity index is 583. The molecule has 1 aliphatic heterocycles. The molecule has 0 spiro atoms. The third-order valence-corrected chi connectivity index (χ3v) is 4.67. The van der Waals surface area contributed by atoms with Crippen molar-refractivity contribution < 1.29 is 14.3 Å². The molecule has 0 radical (unpaired) electrons. The van der Waals surface area contributed by atoms with Crippen LogP contribution >= 0.6 is 11.8 Å². The number of carbonyl (C=O) groups is 2. The topological polar surface area (TPSA) is 73.2 Å². The number of thioether (sulfide) groups is 1. The van der Waals surface area contributed by atoms with E-state index in [9.17, 15) is 9.59 Å². The van der Waals surface area contributed by atoms with E-state index >= 15 is 0 Å². The van der Waals surface area contributed by atoms with Gasteiger partial charge in [0.2, 0.25) is 0 Å². The summed E-state index contributed by atoms with van der Waals surface area (Å²) in [6, 6.07) is 0. The first-order valence-electron chi connectivity index (χ1n) is 7.82. The minimum Gasteiger partial charge on any atom is -0.466 e. The number of rotatable bonds is 6. The summed E-state index contributed by atoms with van der Waals surface area (Å²) in [7, 11) is 0. The van der Waals surface area contributed by atoms with Gasteiger partial charge >= 0.3 is 5.97 Å². The number of allylic oxidation sites excluding steroid dienone is 1. The number of carbonyl (C=O) groups excluding carboxylic acids is 2. The van der Waals surface area contributed by atoms with Crippen molar-refractivity contribution >= 4 is 22.8 Å². The quantitative estimate of drug-likeness (QED) is 0.627. The molecule has 0 aromatic carbocycles. The SMILES string of the molecule is CCOC(=O)Cc1cnn(C/C=C2\CNCCC2SC(C)=O)c1. The van der Waals surface area contributed by atoms with Gasteiger partial charge in [0, 0.05) is 30.5 Å². The molecule has 2 rings (SSSR count). The predicted octanol–water partition coefficient (Wildman–Crippen LogP) is 1.56. The van der Waals surface area contributed by atoms with Crippen molar-refractivity contribution in [1.82, 2.24) is 15.1 Å². The molecule has 1 atom stereocenters. The summed E-state index contributed by atoms with van der Waals surface area (Å²) in [5, 5.41) is 8.01. The number of ether oxygens (including phenoxy) is 1. The number of esters is 1. The van der Waals surface area contributed by atoms with Crippen LogP contribution in [0.4, 0.5) is 0 Å². The molecule has 1 aliphatic rings. The van der Waals surface area contributed by atoms with Gasteiger partial charge in [0.1, 0.15) is 0 Å². The highest BCUT2D eigenvalue weighted by Crippen LogP contribution is 2.25. The average molecular weight is 337 g/mol. The van der Waals surface area contributed by atoms with E-state index in [-0.39, 0.29) is 22.8 Å². The molecule has 0 amide bonds. The zero-order valence-electron chi connectivity index (χ0n) is 13.6. The third kappa shape index (κ3) is 5.84. The summed E-state index contributed by atoms with van der Waals surface area (Å²) in [5.74, 6) is -0.236. The first kappa shape index (κ1) is 17.7. The largest absolute Gasteiger partial charge is 0.466 e. The standard InChI is InChI=1S/C16H23N3O3S/c1-3-22-16(21)8-13-9-18-19(11-13)7-5-14-10-17-6-4-15(14)23-12(2)20/h5,9,11,15,17H,3-4,6-8,10H2,1-2H3/b14-5+. The van der Waals surface area contributed by atoms with E-state index < -0.39 is 0 Å². The van der Waals surface area contributed by atoms with Gasteiger partial charge in [-0.15, -0.1) is 0 Å². The molecule has 23 heavy (non-hydrogen) atoms. The second-order valence-electron chi connectivity index (χ2n) is 5.39. The number of aromatic nitrogens is 2. The van der Waals surface area contributed by atoms with E-state index in [1.807, 2.05) is 6.20 Å². The van der Waals surface area contributed by atoms with Crippen molar-refractivity contribution in [3.63, 3.8) is 0 Å². The van der Waals surface area contributed by atoms with Crippen molar-refractivity contribution in [3.05, 3.63) is 29.6 Å². The van der Waals surface area contributed by atoms with Gasteiger partial charge in [-0.2, -0.15) is 5.10 Å². The Balaban J connectivity index is 1.94. The van der Waals surface area contributed by atoms with Gasteiger partial charge in [-0.1, -0.05) is 17.8 Å². The van der Waals surface area contributed by atoms with E-state index in [1.165, 1.54) is 17.3 Å². The first-order chi connectivity index (χ1) is 11.1. The second-order valence-corrected chi connectivity index (χ2v) is 6.77. The van der Waals surface area contributed by atoms with Crippen LogP contribution < -0.4 is 5.32 Å². The minimum absolute atomic E-state index is 0.151. The van der Waals surface area contributed by atoms with Crippen molar-refractivity contribution in [2.24, 2.45) is 0 Å². The van der Waals surface area contributed by atoms with Gasteiger partial charge in [0.15, 0.2) is 5.12 Å². The zero-order valence-corrected chi connectivity index (χ0v) is 14.4. The summed E-state index contributed by atoms with van der Waals surface area (Å²) < 4.78 is 6.73. The Hall–Kier alpha value is -1.60. The zero-order chi connectivity index (χ0) is 16.7. The predicted molar refractivity (Wildman–Crippen MR) is 90.2 cm³/mol. The maximum Gasteiger partial charge on any atom is 0.310 e. The van der Waals surface area contributed by atoms with Crippen LogP contribution in [0.5, 0.6) is 0 Å². The molecule has 2 heterocycles. The molecule has 1 unspecified atom stereocenters. The smallest absolute Gasteiger partial charge is 0.310 e. The van der Waals surface area contributed by atoms with Gasteiger partial charge in [-0.05, 0) is 25.5 Å². The molecule has 7 heteroatoms. The third-order valence-electron chi connectivity index (χ3n) is 3.52. The van der Waals surface area contributed by atoms with Crippen LogP contribution in [0.1, 0.15) is 25.8 Å². The number of hydrogen-bond donors (Lipinski definition) is 1. The number of piperidine rings is 1. The molecule has 0 saturated carbocycles. The molecule has 6 nitrogen and oxygen atoms in total. The van der Waals surface area contributed by atoms with Crippen LogP contribution in [0.3, 0.4) is 0 Å². The van der Waals surface area contributed by atoms with E-state index in [0.717, 1.165) is 25.1 Å². The summed E-state index contributed by atoms with van der Waals surface area (Å²) >= 11 is 1.40. The monoisotopic (exact) mass is 337 g/mol. The fourth-order valence-corrected chi connectivity index (χ4v) is 3.46. The normalized spacial score (nSPS) is 19.7. The summed E-state index contributed by atoms with van der Waals surface area (Å²) in [5.41, 5.74) is 2.08. The van der Waals surface area contributed by atoms with E-state index in [0.29, 0.717) is 13.2 Å². The Morgan fingerprint density at radius 3 is 3.13 bits per heavy atom. The van der Waals surface area contributed by atoms with E-state index in [1.54, 1.807) is 24.7 Å².